The Morgan fingerprint density at radius 2 is 0.592 bits per heavy atom. The van der Waals surface area contributed by atoms with E-state index in [0.717, 1.165) is 21.9 Å². The minimum absolute atomic E-state index is 0.0316. The lowest BCUT2D eigenvalue weighted by Gasteiger charge is -2.46. The molecule has 5 heteroatoms. The number of benzene rings is 14. The van der Waals surface area contributed by atoms with E-state index < -0.39 is 315 Å². The van der Waals surface area contributed by atoms with Crippen LogP contribution in [0.2, 0.25) is 0 Å². The van der Waals surface area contributed by atoms with Crippen molar-refractivity contribution in [1.29, 1.82) is 0 Å². The number of hydrogen-bond acceptors (Lipinski definition) is 2. The second kappa shape index (κ2) is 29.5. The van der Waals surface area contributed by atoms with Crippen LogP contribution in [0, 0.1) is 0 Å². The van der Waals surface area contributed by atoms with Gasteiger partial charge in [0.1, 0.15) is 0 Å². The molecule has 0 amide bonds. The second-order valence-corrected chi connectivity index (χ2v) is 43.0. The molecule has 0 saturated heterocycles. The van der Waals surface area contributed by atoms with Crippen molar-refractivity contribution in [2.45, 2.75) is 236 Å². The maximum absolute atomic E-state index is 12.0. The van der Waals surface area contributed by atoms with Gasteiger partial charge in [0, 0.05) is 72.2 Å². The van der Waals surface area contributed by atoms with Crippen LogP contribution in [0.25, 0.3) is 111 Å². The molecule has 14 aromatic carbocycles. The van der Waals surface area contributed by atoms with E-state index in [-0.39, 0.29) is 106 Å². The van der Waals surface area contributed by atoms with Crippen molar-refractivity contribution < 1.29 is 43.9 Å². The highest BCUT2D eigenvalue weighted by atomic mass is 15.2. The van der Waals surface area contributed by atoms with Gasteiger partial charge in [-0.25, -0.2) is 0 Å². The molecule has 630 valence electrons. The molecule has 0 saturated carbocycles. The topological polar surface area (TPSA) is 16.3 Å². The number of hydrogen-bond donors (Lipinski definition) is 0. The zero-order valence-corrected chi connectivity index (χ0v) is 76.9. The van der Waals surface area contributed by atoms with Gasteiger partial charge in [0.2, 0.25) is 0 Å². The Hall–Kier alpha value is -11.7. The summed E-state index contributed by atoms with van der Waals surface area (Å²) in [5.74, 6) is 0. The molecule has 0 aliphatic carbocycles. The first-order chi connectivity index (χ1) is 72.1. The molecular weight excluding hydrogens is 1510 g/mol. The molecule has 2 aliphatic rings. The van der Waals surface area contributed by atoms with Gasteiger partial charge in [0.15, 0.2) is 0 Å². The lowest BCUT2D eigenvalue weighted by atomic mass is 9.33. The molecular formula is C120H127BN4. The summed E-state index contributed by atoms with van der Waals surface area (Å²) >= 11 is 0. The van der Waals surface area contributed by atoms with Gasteiger partial charge in [-0.3, -0.25) is 0 Å². The molecule has 4 heterocycles. The van der Waals surface area contributed by atoms with Crippen molar-refractivity contribution >= 4 is 101 Å². The minimum Gasteiger partial charge on any atom is -0.310 e. The smallest absolute Gasteiger partial charge is 0.252 e. The Bertz CT molecular complexity index is 8660. The highest BCUT2D eigenvalue weighted by Gasteiger charge is 2.47. The van der Waals surface area contributed by atoms with Crippen LogP contribution >= 0.6 is 0 Å². The van der Waals surface area contributed by atoms with Crippen molar-refractivity contribution in [3.05, 3.63) is 328 Å². The predicted molar refractivity (Wildman–Crippen MR) is 545 cm³/mol. The summed E-state index contributed by atoms with van der Waals surface area (Å²) in [5.41, 5.74) is -14.2. The summed E-state index contributed by atoms with van der Waals surface area (Å²) in [6.07, 6.45) is 0. The van der Waals surface area contributed by atoms with E-state index in [0.29, 0.717) is 16.7 Å². The number of nitrogens with zero attached hydrogens (tertiary/aromatic N) is 4. The van der Waals surface area contributed by atoms with Crippen LogP contribution in [0.3, 0.4) is 0 Å². The van der Waals surface area contributed by atoms with E-state index in [4.69, 9.17) is 1.37 Å². The molecule has 0 radical (unpaired) electrons. The molecule has 2 aliphatic heterocycles. The second-order valence-electron chi connectivity index (χ2n) is 43.0. The first-order valence-electron chi connectivity index (χ1n) is 59.2. The molecule has 0 bridgehead atoms. The summed E-state index contributed by atoms with van der Waals surface area (Å²) < 4.78 is 340. The molecule has 0 spiro atoms. The zero-order valence-electron chi connectivity index (χ0n) is 109. The molecule has 16 aromatic rings. The van der Waals surface area contributed by atoms with Gasteiger partial charge in [0.05, 0.1) is 83.0 Å². The SMILES string of the molecule is [2H]c1c([2H])c([2H])c(-c2ccc3c(c2)N(c2c(-c4c([2H])c([2H])c(C(C)(C)C)c([2H])c4[2H])c([2H])c(C(C)(C)C)c([2H])c2-c2c([2H])c([2H])c(C(C)(C)C)c([2H])c2[2H])c2cc(-n4c5c([2H])c([2H])c([2H])c([2H])c5c5c([2H])c([2H])c([2H])c([2H])c54)cc4c2B3c2ccc(-n3c5ccc(C(C)(C)C)cc5c5cc(C(C)(C)C)ccc53)cc2N4c2c(-c3c([2H])c([2H])c(C(C)(C)C)c([2H])c3[2H])c([2H])c(C(C)(C)C)c([2H])c2-c2c(C(C)(C)C)c([2H])c([2H])c([2H])c2C(C)(C)C)c([2H])c1[2H]. The lowest BCUT2D eigenvalue weighted by Crippen LogP contribution is -2.61. The van der Waals surface area contributed by atoms with E-state index >= 15 is 0 Å². The number of para-hydroxylation sites is 2. The Kier molecular flexibility index (Phi) is 12.8. The number of fused-ring (bicyclic) bond motifs is 10. The molecule has 0 atom stereocenters. The van der Waals surface area contributed by atoms with Crippen LogP contribution in [-0.2, 0) is 48.7 Å². The molecule has 125 heavy (non-hydrogen) atoms. The van der Waals surface area contributed by atoms with Crippen molar-refractivity contribution in [3.63, 3.8) is 0 Å². The largest absolute Gasteiger partial charge is 0.310 e. The van der Waals surface area contributed by atoms with Crippen molar-refractivity contribution in [2.24, 2.45) is 0 Å². The van der Waals surface area contributed by atoms with Gasteiger partial charge < -0.3 is 18.9 Å². The average Bonchev–Trinajstić information content (AvgIpc) is 1.59. The molecule has 18 rings (SSSR count). The molecule has 0 fully saturated rings. The van der Waals surface area contributed by atoms with Gasteiger partial charge in [0.25, 0.3) is 6.71 Å². The van der Waals surface area contributed by atoms with Crippen LogP contribution in [0.1, 0.15) is 281 Å². The van der Waals surface area contributed by atoms with Crippen LogP contribution in [0.15, 0.2) is 278 Å². The third kappa shape index (κ3) is 14.8. The van der Waals surface area contributed by atoms with E-state index in [1.165, 1.54) is 33.7 Å². The van der Waals surface area contributed by atoms with Gasteiger partial charge in [-0.15, -0.1) is 0 Å². The number of aromatic nitrogens is 2. The Morgan fingerprint density at radius 1 is 0.240 bits per heavy atom. The van der Waals surface area contributed by atoms with E-state index in [9.17, 15) is 42.5 Å². The monoisotopic (exact) mass is 1670 g/mol. The summed E-state index contributed by atoms with van der Waals surface area (Å²) in [6.45, 7) is 47.4. The average molecular weight is 1670 g/mol. The Labute approximate surface area is 791 Å². The lowest BCUT2D eigenvalue weighted by molar-refractivity contribution is 0.571. The predicted octanol–water partition coefficient (Wildman–Crippen LogP) is 32.0. The van der Waals surface area contributed by atoms with Crippen LogP contribution in [0.4, 0.5) is 34.1 Å². The first kappa shape index (κ1) is 54.3. The third-order valence-corrected chi connectivity index (χ3v) is 24.3. The molecule has 2 aromatic heterocycles. The first-order valence-corrected chi connectivity index (χ1v) is 43.2. The van der Waals surface area contributed by atoms with E-state index in [2.05, 4.69) is 58.2 Å². The quantitative estimate of drug-likeness (QED) is 0.134. The standard InChI is InChI=1S/C120H127BN4/c1-112(2,3)79-51-44-75(45-52-79)90-67-84(117(16,17)18)68-91(76-46-53-80(54-47-76)113(4,5)6)110(90)124-104-64-78(74-36-29-28-30-37-74)50-60-98(104)121-99-61-59-86(122-102-62-57-82(115(10,11)12)65-93(102)94-66-83(116(13,14)15)58-63-103(94)122)71-105(99)125(107-73-87(72-106(124)109(107)121)123-100-42-33-31-38-88(100)89-39-32-34-43-101(89)123)111-92(77-48-55-81(56-49-77)114(7,8)9)69-85(118(19,20)21)70-95(111)108-96(119(22,23)24)40-35-41-97(108)120(25,26)27/h28-73H,1-27H3/i28D,29D,30D,31D,32D,33D,34D,35D,36D,37D,38D,39D,40D,41D,42D,43D,44D,45D,46D,47D,48D,49D,51D,52D,53D,54D,55D,56D,67D,68D,69D,70D. The fourth-order valence-corrected chi connectivity index (χ4v) is 17.4. The molecule has 0 N–H and O–H groups in total. The minimum atomic E-state index is -1.53. The summed E-state index contributed by atoms with van der Waals surface area (Å²) in [7, 11) is 0. The maximum Gasteiger partial charge on any atom is 0.252 e. The highest BCUT2D eigenvalue weighted by molar-refractivity contribution is 7.00. The molecule has 4 nitrogen and oxygen atoms in total. The number of rotatable bonds is 9. The molecule has 0 unspecified atom stereocenters. The van der Waals surface area contributed by atoms with Crippen LogP contribution in [0.5, 0.6) is 0 Å². The van der Waals surface area contributed by atoms with Crippen molar-refractivity contribution in [3.8, 4) is 67.0 Å². The van der Waals surface area contributed by atoms with E-state index in [1.807, 2.05) is 42.5 Å². The van der Waals surface area contributed by atoms with E-state index in [1.54, 1.807) is 156 Å². The summed E-state index contributed by atoms with van der Waals surface area (Å²) in [6, 6.07) is 2.78. The van der Waals surface area contributed by atoms with Crippen molar-refractivity contribution in [2.75, 3.05) is 9.80 Å². The van der Waals surface area contributed by atoms with Gasteiger partial charge >= 0.3 is 0 Å². The fourth-order valence-electron chi connectivity index (χ4n) is 17.4. The van der Waals surface area contributed by atoms with Gasteiger partial charge in [-0.1, -0.05) is 374 Å². The number of anilines is 6. The van der Waals surface area contributed by atoms with Gasteiger partial charge in [-0.05, 0) is 239 Å². The third-order valence-electron chi connectivity index (χ3n) is 24.3. The van der Waals surface area contributed by atoms with Crippen molar-refractivity contribution in [1.82, 2.24) is 9.13 Å². The Morgan fingerprint density at radius 3 is 0.992 bits per heavy atom. The maximum atomic E-state index is 12.0. The normalized spacial score (nSPS) is 17.3. The van der Waals surface area contributed by atoms with Gasteiger partial charge in [-0.2, -0.15) is 0 Å². The summed E-state index contributed by atoms with van der Waals surface area (Å²) in [4.78, 5) is 3.06. The van der Waals surface area contributed by atoms with Crippen LogP contribution < -0.4 is 26.2 Å². The Balaban J connectivity index is 1.26. The highest BCUT2D eigenvalue weighted by Crippen LogP contribution is 2.58. The fraction of sp³-hybridized carbons (Fsp3) is 0.300. The summed E-state index contributed by atoms with van der Waals surface area (Å²) in [5, 5.41) is 0.687. The zero-order chi connectivity index (χ0) is 117. The van der Waals surface area contributed by atoms with Crippen LogP contribution in [-0.4, -0.2) is 15.8 Å².